The Morgan fingerprint density at radius 3 is 2.73 bits per heavy atom. The molecule has 2 amide bonds. The lowest BCUT2D eigenvalue weighted by molar-refractivity contribution is -0.127. The van der Waals surface area contributed by atoms with E-state index in [0.717, 1.165) is 6.42 Å². The maximum absolute atomic E-state index is 13.0. The number of rotatable bonds is 2. The van der Waals surface area contributed by atoms with Crippen LogP contribution in [0.5, 0.6) is 0 Å². The summed E-state index contributed by atoms with van der Waals surface area (Å²) in [5, 5.41) is 0. The maximum Gasteiger partial charge on any atom is 0.241 e. The molecule has 1 saturated heterocycles. The SMILES string of the molecule is CC(=O)c1cccc(N2C(=O)[C@@H]3[C@@H]4C=C[C@H](C4)[C@]3(C)C2=O)c1. The average molecular weight is 295 g/mol. The molecule has 1 aromatic rings. The van der Waals surface area contributed by atoms with Crippen molar-refractivity contribution in [3.63, 3.8) is 0 Å². The number of hydrogen-bond acceptors (Lipinski definition) is 3. The summed E-state index contributed by atoms with van der Waals surface area (Å²) < 4.78 is 0. The highest BCUT2D eigenvalue weighted by Crippen LogP contribution is 2.60. The van der Waals surface area contributed by atoms with Gasteiger partial charge in [0.1, 0.15) is 0 Å². The molecule has 1 aliphatic heterocycles. The number of amides is 2. The van der Waals surface area contributed by atoms with E-state index in [1.54, 1.807) is 24.3 Å². The van der Waals surface area contributed by atoms with Crippen molar-refractivity contribution in [1.82, 2.24) is 0 Å². The molecule has 0 N–H and O–H groups in total. The lowest BCUT2D eigenvalue weighted by Gasteiger charge is -2.28. The summed E-state index contributed by atoms with van der Waals surface area (Å²) in [7, 11) is 0. The van der Waals surface area contributed by atoms with Crippen molar-refractivity contribution in [2.45, 2.75) is 20.3 Å². The van der Waals surface area contributed by atoms with Gasteiger partial charge in [-0.05, 0) is 44.2 Å². The van der Waals surface area contributed by atoms with Crippen LogP contribution in [0.1, 0.15) is 30.6 Å². The molecule has 0 aromatic heterocycles. The number of nitrogens with zero attached hydrogens (tertiary/aromatic N) is 1. The van der Waals surface area contributed by atoms with Crippen molar-refractivity contribution in [3.8, 4) is 0 Å². The van der Waals surface area contributed by atoms with Crippen LogP contribution in [-0.4, -0.2) is 17.6 Å². The van der Waals surface area contributed by atoms with E-state index in [1.165, 1.54) is 11.8 Å². The molecule has 22 heavy (non-hydrogen) atoms. The fourth-order valence-corrected chi connectivity index (χ4v) is 4.41. The van der Waals surface area contributed by atoms with Crippen LogP contribution in [0.25, 0.3) is 0 Å². The first-order valence-corrected chi connectivity index (χ1v) is 7.62. The normalized spacial score (nSPS) is 35.4. The molecule has 0 radical (unpaired) electrons. The summed E-state index contributed by atoms with van der Waals surface area (Å²) in [5.41, 5.74) is 0.405. The molecule has 3 aliphatic rings. The molecule has 2 aliphatic carbocycles. The van der Waals surface area contributed by atoms with Gasteiger partial charge in [0.15, 0.2) is 5.78 Å². The summed E-state index contributed by atoms with van der Waals surface area (Å²) in [6.45, 7) is 3.40. The molecule has 4 nitrogen and oxygen atoms in total. The fraction of sp³-hybridized carbons (Fsp3) is 0.389. The summed E-state index contributed by atoms with van der Waals surface area (Å²) in [6, 6.07) is 6.78. The number of ketones is 1. The van der Waals surface area contributed by atoms with Gasteiger partial charge in [0.2, 0.25) is 11.8 Å². The van der Waals surface area contributed by atoms with E-state index in [4.69, 9.17) is 0 Å². The number of Topliss-reactive ketones (excluding diaryl/α,β-unsaturated/α-hetero) is 1. The van der Waals surface area contributed by atoms with Crippen LogP contribution in [0, 0.1) is 23.2 Å². The second-order valence-corrected chi connectivity index (χ2v) is 6.74. The van der Waals surface area contributed by atoms with Gasteiger partial charge in [0.25, 0.3) is 0 Å². The van der Waals surface area contributed by atoms with Crippen molar-refractivity contribution in [3.05, 3.63) is 42.0 Å². The number of carbonyl (C=O) groups is 3. The van der Waals surface area contributed by atoms with Crippen LogP contribution in [0.2, 0.25) is 0 Å². The smallest absolute Gasteiger partial charge is 0.241 e. The zero-order valence-electron chi connectivity index (χ0n) is 12.6. The lowest BCUT2D eigenvalue weighted by Crippen LogP contribution is -2.37. The van der Waals surface area contributed by atoms with Gasteiger partial charge < -0.3 is 0 Å². The Morgan fingerprint density at radius 1 is 1.27 bits per heavy atom. The molecule has 4 heteroatoms. The highest BCUT2D eigenvalue weighted by Gasteiger charge is 2.67. The van der Waals surface area contributed by atoms with Crippen LogP contribution in [0.15, 0.2) is 36.4 Å². The van der Waals surface area contributed by atoms with Gasteiger partial charge in [-0.2, -0.15) is 0 Å². The van der Waals surface area contributed by atoms with Crippen molar-refractivity contribution in [1.29, 1.82) is 0 Å². The number of hydrogen-bond donors (Lipinski definition) is 0. The van der Waals surface area contributed by atoms with Gasteiger partial charge in [-0.1, -0.05) is 24.3 Å². The summed E-state index contributed by atoms with van der Waals surface area (Å²) in [5.74, 6) is -0.248. The number of allylic oxidation sites excluding steroid dienone is 2. The molecular weight excluding hydrogens is 278 g/mol. The Bertz CT molecular complexity index is 750. The highest BCUT2D eigenvalue weighted by atomic mass is 16.2. The van der Waals surface area contributed by atoms with Crippen LogP contribution in [0.4, 0.5) is 5.69 Å². The average Bonchev–Trinajstić information content (AvgIpc) is 3.12. The molecule has 1 aromatic carbocycles. The van der Waals surface area contributed by atoms with Gasteiger partial charge in [-0.3, -0.25) is 14.4 Å². The minimum Gasteiger partial charge on any atom is -0.295 e. The van der Waals surface area contributed by atoms with Gasteiger partial charge >= 0.3 is 0 Å². The number of benzene rings is 1. The van der Waals surface area contributed by atoms with Gasteiger partial charge in [0.05, 0.1) is 17.0 Å². The Morgan fingerprint density at radius 2 is 2.05 bits per heavy atom. The molecule has 4 rings (SSSR count). The topological polar surface area (TPSA) is 54.5 Å². The quantitative estimate of drug-likeness (QED) is 0.479. The third kappa shape index (κ3) is 1.45. The van der Waals surface area contributed by atoms with Gasteiger partial charge in [-0.25, -0.2) is 4.90 Å². The third-order valence-corrected chi connectivity index (χ3v) is 5.62. The van der Waals surface area contributed by atoms with Crippen LogP contribution >= 0.6 is 0 Å². The van der Waals surface area contributed by atoms with Crippen LogP contribution in [-0.2, 0) is 9.59 Å². The van der Waals surface area contributed by atoms with Crippen LogP contribution in [0.3, 0.4) is 0 Å². The number of imide groups is 1. The molecule has 2 bridgehead atoms. The van der Waals surface area contributed by atoms with E-state index in [9.17, 15) is 14.4 Å². The zero-order chi connectivity index (χ0) is 15.6. The minimum absolute atomic E-state index is 0.0749. The maximum atomic E-state index is 13.0. The standard InChI is InChI=1S/C18H17NO3/c1-10(20)11-4-3-5-14(9-11)19-16(21)15-12-6-7-13(8-12)18(15,2)17(19)22/h3-7,9,12-13,15H,8H2,1-2H3/t12-,13-,15+,18+/m1/s1. The third-order valence-electron chi connectivity index (χ3n) is 5.62. The van der Waals surface area contributed by atoms with E-state index in [0.29, 0.717) is 11.3 Å². The largest absolute Gasteiger partial charge is 0.295 e. The van der Waals surface area contributed by atoms with Gasteiger partial charge in [0, 0.05) is 5.56 Å². The van der Waals surface area contributed by atoms with E-state index >= 15 is 0 Å². The monoisotopic (exact) mass is 295 g/mol. The minimum atomic E-state index is -0.622. The van der Waals surface area contributed by atoms with Crippen molar-refractivity contribution in [2.24, 2.45) is 23.2 Å². The Kier molecular flexibility index (Phi) is 2.54. The Balaban J connectivity index is 1.79. The Labute approximate surface area is 128 Å². The second-order valence-electron chi connectivity index (χ2n) is 6.74. The van der Waals surface area contributed by atoms with Crippen molar-refractivity contribution < 1.29 is 14.4 Å². The molecule has 2 fully saturated rings. The Hall–Kier alpha value is -2.23. The lowest BCUT2D eigenvalue weighted by atomic mass is 9.71. The molecule has 4 atom stereocenters. The predicted molar refractivity (Wildman–Crippen MR) is 81.3 cm³/mol. The molecule has 1 heterocycles. The van der Waals surface area contributed by atoms with E-state index in [2.05, 4.69) is 12.2 Å². The summed E-state index contributed by atoms with van der Waals surface area (Å²) in [6.07, 6.45) is 5.07. The zero-order valence-corrected chi connectivity index (χ0v) is 12.6. The summed E-state index contributed by atoms with van der Waals surface area (Å²) in [4.78, 5) is 38.7. The molecule has 0 spiro atoms. The van der Waals surface area contributed by atoms with Gasteiger partial charge in [-0.15, -0.1) is 0 Å². The first kappa shape index (κ1) is 13.4. The van der Waals surface area contributed by atoms with Crippen molar-refractivity contribution in [2.75, 3.05) is 4.90 Å². The fourth-order valence-electron chi connectivity index (χ4n) is 4.41. The molecule has 0 unspecified atom stereocenters. The first-order chi connectivity index (χ1) is 10.4. The summed E-state index contributed by atoms with van der Waals surface area (Å²) >= 11 is 0. The second kappa shape index (κ2) is 4.15. The molecule has 1 saturated carbocycles. The van der Waals surface area contributed by atoms with E-state index < -0.39 is 5.41 Å². The van der Waals surface area contributed by atoms with E-state index in [1.807, 2.05) is 6.92 Å². The number of fused-ring (bicyclic) bond motifs is 5. The number of anilines is 1. The van der Waals surface area contributed by atoms with Crippen molar-refractivity contribution >= 4 is 23.3 Å². The highest BCUT2D eigenvalue weighted by molar-refractivity contribution is 6.24. The predicted octanol–water partition coefficient (Wildman–Crippen LogP) is 2.59. The van der Waals surface area contributed by atoms with Crippen LogP contribution < -0.4 is 4.90 Å². The van der Waals surface area contributed by atoms with E-state index in [-0.39, 0.29) is 35.4 Å². The molecular formula is C18H17NO3. The first-order valence-electron chi connectivity index (χ1n) is 7.62. The number of carbonyl (C=O) groups excluding carboxylic acids is 3. The molecule has 112 valence electrons.